The average Bonchev–Trinajstić information content (AvgIpc) is 2.26. The van der Waals surface area contributed by atoms with Gasteiger partial charge in [-0.3, -0.25) is 0 Å². The van der Waals surface area contributed by atoms with Crippen LogP contribution >= 0.6 is 0 Å². The van der Waals surface area contributed by atoms with Crippen molar-refractivity contribution >= 4 is 23.2 Å². The summed E-state index contributed by atoms with van der Waals surface area (Å²) in [6, 6.07) is 6.21. The van der Waals surface area contributed by atoms with Gasteiger partial charge < -0.3 is 0 Å². The molecule has 2 nitrogen and oxygen atoms in total. The summed E-state index contributed by atoms with van der Waals surface area (Å²) in [7, 11) is 0. The summed E-state index contributed by atoms with van der Waals surface area (Å²) >= 11 is 0. The van der Waals surface area contributed by atoms with E-state index in [2.05, 4.69) is 41.2 Å². The number of aromatic nitrogens is 2. The molecule has 1 aromatic carbocycles. The smallest absolute Gasteiger partial charge is 0.0897 e. The monoisotopic (exact) mass is 196 g/mol. The maximum absolute atomic E-state index is 4.63. The second-order valence-electron chi connectivity index (χ2n) is 3.97. The number of nitrogens with zero attached hydrogens (tertiary/aromatic N) is 2. The number of benzene rings is 1. The van der Waals surface area contributed by atoms with Gasteiger partial charge >= 0.3 is 0 Å². The van der Waals surface area contributed by atoms with E-state index >= 15 is 0 Å². The lowest BCUT2D eigenvalue weighted by molar-refractivity contribution is 1.05. The third-order valence-electron chi connectivity index (χ3n) is 2.72. The van der Waals surface area contributed by atoms with Crippen LogP contribution in [0.25, 0.3) is 23.2 Å². The standard InChI is InChI=1S/C13H12N2/c1-9-6-7-12-13(8-9)15-11-5-3-2-4-10(11)14-12/h4-8H,2-3H2,1H3. The van der Waals surface area contributed by atoms with Gasteiger partial charge in [0.25, 0.3) is 0 Å². The van der Waals surface area contributed by atoms with E-state index in [9.17, 15) is 0 Å². The number of hydrogen-bond donors (Lipinski definition) is 0. The van der Waals surface area contributed by atoms with Crippen LogP contribution in [0.2, 0.25) is 0 Å². The van der Waals surface area contributed by atoms with E-state index < -0.39 is 0 Å². The first-order valence-corrected chi connectivity index (χ1v) is 5.28. The van der Waals surface area contributed by atoms with Crippen LogP contribution in [0.4, 0.5) is 0 Å². The summed E-state index contributed by atoms with van der Waals surface area (Å²) < 4.78 is 0. The minimum atomic E-state index is 0.992. The zero-order chi connectivity index (χ0) is 10.3. The fourth-order valence-electron chi connectivity index (χ4n) is 1.93. The molecule has 0 unspecified atom stereocenters. The molecule has 1 aromatic heterocycles. The van der Waals surface area contributed by atoms with Crippen LogP contribution in [-0.4, -0.2) is 9.97 Å². The van der Waals surface area contributed by atoms with E-state index in [-0.39, 0.29) is 0 Å². The van der Waals surface area contributed by atoms with Crippen molar-refractivity contribution in [1.82, 2.24) is 9.97 Å². The molecule has 15 heavy (non-hydrogen) atoms. The van der Waals surface area contributed by atoms with Crippen molar-refractivity contribution in [2.24, 2.45) is 0 Å². The van der Waals surface area contributed by atoms with Gasteiger partial charge in [0, 0.05) is 0 Å². The molecular formula is C13H12N2. The molecule has 74 valence electrons. The number of hydrogen-bond acceptors (Lipinski definition) is 2. The predicted molar refractivity (Wildman–Crippen MR) is 61.7 cm³/mol. The fraction of sp³-hybridized carbons (Fsp3) is 0.231. The Bertz CT molecular complexity index is 641. The molecule has 1 aliphatic rings. The Balaban J connectivity index is 2.47. The van der Waals surface area contributed by atoms with Crippen molar-refractivity contribution in [2.45, 2.75) is 19.8 Å². The third-order valence-corrected chi connectivity index (χ3v) is 2.72. The summed E-state index contributed by atoms with van der Waals surface area (Å²) in [5, 5.41) is 2.08. The molecule has 0 aliphatic heterocycles. The quantitative estimate of drug-likeness (QED) is 0.634. The van der Waals surface area contributed by atoms with Crippen molar-refractivity contribution in [3.05, 3.63) is 34.5 Å². The highest BCUT2D eigenvalue weighted by molar-refractivity contribution is 5.74. The van der Waals surface area contributed by atoms with E-state index in [4.69, 9.17) is 0 Å². The Hall–Kier alpha value is -1.70. The Morgan fingerprint density at radius 1 is 0.933 bits per heavy atom. The Morgan fingerprint density at radius 3 is 2.33 bits per heavy atom. The highest BCUT2D eigenvalue weighted by Gasteiger charge is 2.00. The van der Waals surface area contributed by atoms with Crippen LogP contribution < -0.4 is 10.7 Å². The second kappa shape index (κ2) is 3.16. The molecule has 1 heterocycles. The first kappa shape index (κ1) is 8.60. The second-order valence-corrected chi connectivity index (χ2v) is 3.97. The maximum atomic E-state index is 4.63. The fourth-order valence-corrected chi connectivity index (χ4v) is 1.93. The lowest BCUT2D eigenvalue weighted by atomic mass is 10.1. The summed E-state index contributed by atoms with van der Waals surface area (Å²) in [6.45, 7) is 2.08. The van der Waals surface area contributed by atoms with Gasteiger partial charge in [0.1, 0.15) is 0 Å². The van der Waals surface area contributed by atoms with Gasteiger partial charge in [-0.15, -0.1) is 0 Å². The Labute approximate surface area is 88.0 Å². The summed E-state index contributed by atoms with van der Waals surface area (Å²) in [5.74, 6) is 0. The van der Waals surface area contributed by atoms with Crippen LogP contribution in [0.15, 0.2) is 18.2 Å². The third kappa shape index (κ3) is 1.42. The van der Waals surface area contributed by atoms with E-state index in [1.165, 1.54) is 5.56 Å². The highest BCUT2D eigenvalue weighted by atomic mass is 14.8. The molecule has 0 bridgehead atoms. The largest absolute Gasteiger partial charge is 0.245 e. The van der Waals surface area contributed by atoms with E-state index in [0.29, 0.717) is 0 Å². The van der Waals surface area contributed by atoms with Crippen LogP contribution in [0.1, 0.15) is 18.4 Å². The van der Waals surface area contributed by atoms with Crippen LogP contribution in [0, 0.1) is 6.92 Å². The van der Waals surface area contributed by atoms with E-state index in [0.717, 1.165) is 34.6 Å². The Morgan fingerprint density at radius 2 is 1.60 bits per heavy atom. The number of rotatable bonds is 0. The topological polar surface area (TPSA) is 25.8 Å². The Kier molecular flexibility index (Phi) is 1.81. The SMILES string of the molecule is Cc1ccc2nc3c(nc2c1)=CCCC=3. The molecule has 3 rings (SSSR count). The van der Waals surface area contributed by atoms with Gasteiger partial charge in [0.2, 0.25) is 0 Å². The molecule has 0 fully saturated rings. The summed E-state index contributed by atoms with van der Waals surface area (Å²) in [5.41, 5.74) is 3.22. The van der Waals surface area contributed by atoms with Gasteiger partial charge in [-0.25, -0.2) is 9.97 Å². The molecule has 2 heteroatoms. The van der Waals surface area contributed by atoms with Gasteiger partial charge in [-0.2, -0.15) is 0 Å². The molecule has 0 N–H and O–H groups in total. The van der Waals surface area contributed by atoms with Crippen molar-refractivity contribution in [3.63, 3.8) is 0 Å². The lowest BCUT2D eigenvalue weighted by Crippen LogP contribution is -2.33. The first-order valence-electron chi connectivity index (χ1n) is 5.28. The molecule has 0 spiro atoms. The highest BCUT2D eigenvalue weighted by Crippen LogP contribution is 2.08. The van der Waals surface area contributed by atoms with Crippen molar-refractivity contribution < 1.29 is 0 Å². The molecule has 0 saturated carbocycles. The first-order chi connectivity index (χ1) is 7.33. The lowest BCUT2D eigenvalue weighted by Gasteiger charge is -2.02. The molecule has 2 aromatic rings. The minimum absolute atomic E-state index is 0.992. The normalized spacial score (nSPS) is 14.2. The maximum Gasteiger partial charge on any atom is 0.0897 e. The van der Waals surface area contributed by atoms with Crippen molar-refractivity contribution in [3.8, 4) is 0 Å². The number of fused-ring (bicyclic) bond motifs is 2. The van der Waals surface area contributed by atoms with Gasteiger partial charge in [0.05, 0.1) is 21.7 Å². The summed E-state index contributed by atoms with van der Waals surface area (Å²) in [6.07, 6.45) is 6.50. The van der Waals surface area contributed by atoms with Gasteiger partial charge in [0.15, 0.2) is 0 Å². The number of aryl methyl sites for hydroxylation is 1. The average molecular weight is 196 g/mol. The molecule has 0 atom stereocenters. The van der Waals surface area contributed by atoms with Gasteiger partial charge in [-0.05, 0) is 37.5 Å². The minimum Gasteiger partial charge on any atom is -0.245 e. The zero-order valence-corrected chi connectivity index (χ0v) is 8.70. The zero-order valence-electron chi connectivity index (χ0n) is 8.70. The molecule has 1 aliphatic carbocycles. The van der Waals surface area contributed by atoms with Crippen molar-refractivity contribution in [1.29, 1.82) is 0 Å². The predicted octanol–water partition coefficient (Wildman–Crippen LogP) is 1.29. The van der Waals surface area contributed by atoms with Crippen LogP contribution in [0.5, 0.6) is 0 Å². The summed E-state index contributed by atoms with van der Waals surface area (Å²) in [4.78, 5) is 9.23. The van der Waals surface area contributed by atoms with E-state index in [1.54, 1.807) is 0 Å². The molecular weight excluding hydrogens is 184 g/mol. The molecule has 0 amide bonds. The molecule has 0 radical (unpaired) electrons. The molecule has 0 saturated heterocycles. The van der Waals surface area contributed by atoms with E-state index in [1.807, 2.05) is 6.07 Å². The van der Waals surface area contributed by atoms with Crippen LogP contribution in [-0.2, 0) is 0 Å². The van der Waals surface area contributed by atoms with Crippen LogP contribution in [0.3, 0.4) is 0 Å². The van der Waals surface area contributed by atoms with Crippen molar-refractivity contribution in [2.75, 3.05) is 0 Å². The van der Waals surface area contributed by atoms with Gasteiger partial charge in [-0.1, -0.05) is 18.2 Å².